The standard InChI is InChI=1S/C15H13N3O5S2/c19-13-8-11(17-15-18(13)6-7-24-15)10-23-14(20)9-16-25(21,22)12-4-2-1-3-5-12/h1-8,16H,9-10H2. The van der Waals surface area contributed by atoms with Crippen LogP contribution >= 0.6 is 11.3 Å². The van der Waals surface area contributed by atoms with Crippen LogP contribution in [0.15, 0.2) is 57.7 Å². The zero-order valence-corrected chi connectivity index (χ0v) is 14.4. The number of fused-ring (bicyclic) bond motifs is 1. The lowest BCUT2D eigenvalue weighted by Crippen LogP contribution is -2.30. The van der Waals surface area contributed by atoms with Crippen LogP contribution in [0.2, 0.25) is 0 Å². The fourth-order valence-corrected chi connectivity index (χ4v) is 3.73. The van der Waals surface area contributed by atoms with Crippen molar-refractivity contribution in [1.82, 2.24) is 14.1 Å². The van der Waals surface area contributed by atoms with Crippen LogP contribution < -0.4 is 10.3 Å². The van der Waals surface area contributed by atoms with Crippen LogP contribution in [0.5, 0.6) is 0 Å². The topological polar surface area (TPSA) is 107 Å². The highest BCUT2D eigenvalue weighted by Crippen LogP contribution is 2.08. The molecule has 8 nitrogen and oxygen atoms in total. The summed E-state index contributed by atoms with van der Waals surface area (Å²) in [6, 6.07) is 8.95. The van der Waals surface area contributed by atoms with E-state index < -0.39 is 22.5 Å². The summed E-state index contributed by atoms with van der Waals surface area (Å²) in [5.74, 6) is -0.771. The number of nitrogens with one attached hydrogen (secondary N) is 1. The van der Waals surface area contributed by atoms with Crippen molar-refractivity contribution in [2.24, 2.45) is 0 Å². The van der Waals surface area contributed by atoms with Crippen LogP contribution in [0.3, 0.4) is 0 Å². The van der Waals surface area contributed by atoms with E-state index in [0.29, 0.717) is 10.7 Å². The summed E-state index contributed by atoms with van der Waals surface area (Å²) >= 11 is 1.28. The Labute approximate surface area is 146 Å². The van der Waals surface area contributed by atoms with Crippen LogP contribution in [-0.2, 0) is 26.2 Å². The first-order chi connectivity index (χ1) is 12.0. The van der Waals surface area contributed by atoms with Crippen molar-refractivity contribution >= 4 is 32.3 Å². The van der Waals surface area contributed by atoms with Gasteiger partial charge < -0.3 is 4.74 Å². The van der Waals surface area contributed by atoms with Gasteiger partial charge >= 0.3 is 5.97 Å². The van der Waals surface area contributed by atoms with Crippen molar-refractivity contribution in [2.75, 3.05) is 6.54 Å². The van der Waals surface area contributed by atoms with E-state index in [-0.39, 0.29) is 17.1 Å². The number of rotatable bonds is 6. The molecular weight excluding hydrogens is 366 g/mol. The molecule has 1 aromatic carbocycles. The number of thiazole rings is 1. The molecule has 3 rings (SSSR count). The molecule has 1 N–H and O–H groups in total. The van der Waals surface area contributed by atoms with Gasteiger partial charge in [0.2, 0.25) is 10.0 Å². The quantitative estimate of drug-likeness (QED) is 0.634. The lowest BCUT2D eigenvalue weighted by molar-refractivity contribution is -0.143. The highest BCUT2D eigenvalue weighted by molar-refractivity contribution is 7.89. The van der Waals surface area contributed by atoms with Gasteiger partial charge in [-0.3, -0.25) is 14.0 Å². The molecule has 0 aliphatic rings. The van der Waals surface area contributed by atoms with Gasteiger partial charge in [0.05, 0.1) is 10.6 Å². The summed E-state index contributed by atoms with van der Waals surface area (Å²) < 4.78 is 32.5. The molecule has 0 radical (unpaired) electrons. The molecule has 0 bridgehead atoms. The Morgan fingerprint density at radius 3 is 2.80 bits per heavy atom. The van der Waals surface area contributed by atoms with Crippen LogP contribution in [0.1, 0.15) is 5.69 Å². The van der Waals surface area contributed by atoms with Gasteiger partial charge in [0.1, 0.15) is 13.2 Å². The molecule has 0 spiro atoms. The number of nitrogens with zero attached hydrogens (tertiary/aromatic N) is 2. The van der Waals surface area contributed by atoms with Gasteiger partial charge in [0.15, 0.2) is 4.96 Å². The maximum absolute atomic E-state index is 12.0. The number of benzene rings is 1. The first-order valence-corrected chi connectivity index (χ1v) is 9.48. The number of carbonyl (C=O) groups excluding carboxylic acids is 1. The molecular formula is C15H13N3O5S2. The summed E-state index contributed by atoms with van der Waals surface area (Å²) in [6.07, 6.45) is 1.60. The lowest BCUT2D eigenvalue weighted by atomic mass is 10.4. The first-order valence-electron chi connectivity index (χ1n) is 7.12. The van der Waals surface area contributed by atoms with Crippen molar-refractivity contribution in [1.29, 1.82) is 0 Å². The second kappa shape index (κ2) is 7.13. The van der Waals surface area contributed by atoms with Crippen molar-refractivity contribution in [3.63, 3.8) is 0 Å². The molecule has 10 heteroatoms. The smallest absolute Gasteiger partial charge is 0.321 e. The molecule has 2 heterocycles. The van der Waals surface area contributed by atoms with Crippen molar-refractivity contribution in [3.05, 3.63) is 64.0 Å². The maximum atomic E-state index is 12.0. The van der Waals surface area contributed by atoms with Crippen LogP contribution in [0.4, 0.5) is 0 Å². The average molecular weight is 379 g/mol. The predicted molar refractivity (Wildman–Crippen MR) is 90.8 cm³/mol. The summed E-state index contributed by atoms with van der Waals surface area (Å²) in [6.45, 7) is -0.729. The first kappa shape index (κ1) is 17.3. The van der Waals surface area contributed by atoms with Crippen LogP contribution in [-0.4, -0.2) is 30.3 Å². The normalized spacial score (nSPS) is 11.5. The van der Waals surface area contributed by atoms with E-state index in [4.69, 9.17) is 4.74 Å². The average Bonchev–Trinajstić information content (AvgIpc) is 3.08. The van der Waals surface area contributed by atoms with E-state index >= 15 is 0 Å². The van der Waals surface area contributed by atoms with Gasteiger partial charge in [-0.1, -0.05) is 18.2 Å². The number of sulfonamides is 1. The third-order valence-electron chi connectivity index (χ3n) is 3.20. The van der Waals surface area contributed by atoms with E-state index in [1.807, 2.05) is 0 Å². The summed E-state index contributed by atoms with van der Waals surface area (Å²) in [7, 11) is -3.78. The number of ether oxygens (including phenoxy) is 1. The number of aromatic nitrogens is 2. The van der Waals surface area contributed by atoms with Crippen LogP contribution in [0.25, 0.3) is 4.96 Å². The highest BCUT2D eigenvalue weighted by Gasteiger charge is 2.15. The molecule has 0 aliphatic carbocycles. The minimum atomic E-state index is -3.78. The Morgan fingerprint density at radius 1 is 1.28 bits per heavy atom. The Morgan fingerprint density at radius 2 is 2.04 bits per heavy atom. The third-order valence-corrected chi connectivity index (χ3v) is 5.37. The van der Waals surface area contributed by atoms with Crippen molar-refractivity contribution in [2.45, 2.75) is 11.5 Å². The van der Waals surface area contributed by atoms with Gasteiger partial charge in [0.25, 0.3) is 5.56 Å². The second-order valence-electron chi connectivity index (χ2n) is 4.94. The lowest BCUT2D eigenvalue weighted by Gasteiger charge is -2.07. The fraction of sp³-hybridized carbons (Fsp3) is 0.133. The fourth-order valence-electron chi connectivity index (χ4n) is 2.00. The molecule has 0 amide bonds. The molecule has 2 aromatic heterocycles. The van der Waals surface area contributed by atoms with E-state index in [1.54, 1.807) is 29.8 Å². The van der Waals surface area contributed by atoms with Crippen molar-refractivity contribution in [3.8, 4) is 0 Å². The Hall–Kier alpha value is -2.56. The van der Waals surface area contributed by atoms with Crippen molar-refractivity contribution < 1.29 is 17.9 Å². The third kappa shape index (κ3) is 4.10. The Balaban J connectivity index is 1.58. The number of esters is 1. The van der Waals surface area contributed by atoms with Gasteiger partial charge in [-0.15, -0.1) is 11.3 Å². The Bertz CT molecular complexity index is 1060. The molecule has 0 atom stereocenters. The largest absolute Gasteiger partial charge is 0.458 e. The SMILES string of the molecule is O=C(CNS(=O)(=O)c1ccccc1)OCc1cc(=O)n2ccsc2n1. The zero-order chi connectivity index (χ0) is 17.9. The van der Waals surface area contributed by atoms with Gasteiger partial charge in [-0.25, -0.2) is 13.4 Å². The van der Waals surface area contributed by atoms with E-state index in [1.165, 1.54) is 33.9 Å². The Kier molecular flexibility index (Phi) is 4.93. The van der Waals surface area contributed by atoms with E-state index in [9.17, 15) is 18.0 Å². The second-order valence-corrected chi connectivity index (χ2v) is 7.58. The molecule has 0 saturated heterocycles. The molecule has 25 heavy (non-hydrogen) atoms. The zero-order valence-electron chi connectivity index (χ0n) is 12.8. The summed E-state index contributed by atoms with van der Waals surface area (Å²) in [4.78, 5) is 28.3. The predicted octanol–water partition coefficient (Wildman–Crippen LogP) is 0.778. The summed E-state index contributed by atoms with van der Waals surface area (Å²) in [5, 5.41) is 1.72. The number of hydrogen-bond acceptors (Lipinski definition) is 7. The maximum Gasteiger partial charge on any atom is 0.321 e. The van der Waals surface area contributed by atoms with Gasteiger partial charge in [0, 0.05) is 17.6 Å². The molecule has 0 aliphatic heterocycles. The van der Waals surface area contributed by atoms with E-state index in [0.717, 1.165) is 0 Å². The van der Waals surface area contributed by atoms with Gasteiger partial charge in [-0.05, 0) is 12.1 Å². The molecule has 130 valence electrons. The molecule has 0 saturated carbocycles. The van der Waals surface area contributed by atoms with Crippen LogP contribution in [0, 0.1) is 0 Å². The molecule has 0 fully saturated rings. The number of hydrogen-bond donors (Lipinski definition) is 1. The molecule has 0 unspecified atom stereocenters. The van der Waals surface area contributed by atoms with E-state index in [2.05, 4.69) is 9.71 Å². The number of carbonyl (C=O) groups is 1. The minimum absolute atomic E-state index is 0.0561. The van der Waals surface area contributed by atoms with Gasteiger partial charge in [-0.2, -0.15) is 4.72 Å². The summed E-state index contributed by atoms with van der Waals surface area (Å²) in [5.41, 5.74) is 0.0220. The minimum Gasteiger partial charge on any atom is -0.458 e. The monoisotopic (exact) mass is 379 g/mol. The molecule has 3 aromatic rings. The highest BCUT2D eigenvalue weighted by atomic mass is 32.2.